The first-order chi connectivity index (χ1) is 6.72. The van der Waals surface area contributed by atoms with Crippen LogP contribution in [0.25, 0.3) is 10.1 Å². The zero-order chi connectivity index (χ0) is 10.1. The van der Waals surface area contributed by atoms with Crippen molar-refractivity contribution in [3.05, 3.63) is 23.3 Å². The molecule has 4 heteroatoms. The number of nitrogen functional groups attached to an aromatic ring is 1. The van der Waals surface area contributed by atoms with Crippen LogP contribution in [0.15, 0.2) is 17.5 Å². The van der Waals surface area contributed by atoms with Gasteiger partial charge in [-0.2, -0.15) is 0 Å². The molecule has 2 aromatic rings. The number of halogens is 1. The number of benzene rings is 1. The van der Waals surface area contributed by atoms with Crippen molar-refractivity contribution in [1.82, 2.24) is 0 Å². The van der Waals surface area contributed by atoms with E-state index < -0.39 is 0 Å². The normalized spacial score (nSPS) is 10.7. The van der Waals surface area contributed by atoms with Crippen LogP contribution >= 0.6 is 11.3 Å². The summed E-state index contributed by atoms with van der Waals surface area (Å²) in [6, 6.07) is 3.41. The second-order valence-corrected chi connectivity index (χ2v) is 3.82. The van der Waals surface area contributed by atoms with Crippen LogP contribution in [0, 0.1) is 5.82 Å². The third-order valence-electron chi connectivity index (χ3n) is 1.92. The van der Waals surface area contributed by atoms with E-state index in [9.17, 15) is 4.39 Å². The summed E-state index contributed by atoms with van der Waals surface area (Å²) in [6.07, 6.45) is 0. The molecule has 2 rings (SSSR count). The van der Waals surface area contributed by atoms with Crippen molar-refractivity contribution in [3.63, 3.8) is 0 Å². The Morgan fingerprint density at radius 1 is 1.50 bits per heavy atom. The first-order valence-corrected chi connectivity index (χ1v) is 5.19. The zero-order valence-electron chi connectivity index (χ0n) is 7.71. The summed E-state index contributed by atoms with van der Waals surface area (Å²) in [5, 5.41) is 2.00. The minimum absolute atomic E-state index is 0.242. The zero-order valence-corrected chi connectivity index (χ0v) is 8.53. The van der Waals surface area contributed by atoms with Crippen LogP contribution in [0.5, 0.6) is 5.75 Å². The molecule has 2 N–H and O–H groups in total. The van der Waals surface area contributed by atoms with Crippen LogP contribution < -0.4 is 10.5 Å². The molecule has 2 nitrogen and oxygen atoms in total. The summed E-state index contributed by atoms with van der Waals surface area (Å²) in [5.74, 6) is 0.287. The predicted octanol–water partition coefficient (Wildman–Crippen LogP) is 3.02. The van der Waals surface area contributed by atoms with Crippen molar-refractivity contribution in [2.45, 2.75) is 6.92 Å². The molecule has 0 unspecified atom stereocenters. The topological polar surface area (TPSA) is 35.2 Å². The van der Waals surface area contributed by atoms with E-state index in [0.717, 1.165) is 4.70 Å². The Morgan fingerprint density at radius 2 is 2.29 bits per heavy atom. The van der Waals surface area contributed by atoms with Gasteiger partial charge in [-0.25, -0.2) is 4.39 Å². The minimum atomic E-state index is -0.242. The summed E-state index contributed by atoms with van der Waals surface area (Å²) in [7, 11) is 0. The molecule has 1 aromatic carbocycles. The Kier molecular flexibility index (Phi) is 2.29. The molecule has 0 spiro atoms. The van der Waals surface area contributed by atoms with E-state index in [0.29, 0.717) is 23.4 Å². The maximum absolute atomic E-state index is 13.4. The lowest BCUT2D eigenvalue weighted by Crippen LogP contribution is -1.94. The van der Waals surface area contributed by atoms with Gasteiger partial charge in [-0.1, -0.05) is 0 Å². The first-order valence-electron chi connectivity index (χ1n) is 4.31. The van der Waals surface area contributed by atoms with Gasteiger partial charge >= 0.3 is 0 Å². The summed E-state index contributed by atoms with van der Waals surface area (Å²) in [4.78, 5) is 0. The number of thiophene rings is 1. The number of rotatable bonds is 2. The number of fused-ring (bicyclic) bond motifs is 1. The molecule has 0 aliphatic carbocycles. The van der Waals surface area contributed by atoms with E-state index in [-0.39, 0.29) is 5.82 Å². The fourth-order valence-corrected chi connectivity index (χ4v) is 2.25. The number of nitrogens with two attached hydrogens (primary N) is 1. The van der Waals surface area contributed by atoms with Crippen LogP contribution in [0.4, 0.5) is 10.1 Å². The van der Waals surface area contributed by atoms with Gasteiger partial charge in [0.25, 0.3) is 0 Å². The summed E-state index contributed by atoms with van der Waals surface area (Å²) in [6.45, 7) is 2.37. The van der Waals surface area contributed by atoms with E-state index in [1.54, 1.807) is 12.1 Å². The Hall–Kier alpha value is -1.29. The van der Waals surface area contributed by atoms with Gasteiger partial charge in [0.2, 0.25) is 0 Å². The monoisotopic (exact) mass is 211 g/mol. The maximum atomic E-state index is 13.4. The van der Waals surface area contributed by atoms with E-state index in [2.05, 4.69) is 0 Å². The molecule has 74 valence electrons. The molecule has 0 amide bonds. The molecule has 0 saturated carbocycles. The standard InChI is InChI=1S/C10H10FNOS/c1-2-13-8-3-6(12)4-9-10(8)7(11)5-14-9/h3-5H,2,12H2,1H3. The summed E-state index contributed by atoms with van der Waals surface area (Å²) >= 11 is 1.33. The average Bonchev–Trinajstić information content (AvgIpc) is 2.48. The van der Waals surface area contributed by atoms with Gasteiger partial charge in [0.1, 0.15) is 11.6 Å². The van der Waals surface area contributed by atoms with Gasteiger partial charge in [0.15, 0.2) is 0 Å². The third kappa shape index (κ3) is 1.42. The second kappa shape index (κ2) is 3.46. The van der Waals surface area contributed by atoms with Gasteiger partial charge in [-0.3, -0.25) is 0 Å². The fraction of sp³-hybridized carbons (Fsp3) is 0.200. The lowest BCUT2D eigenvalue weighted by molar-refractivity contribution is 0.343. The van der Waals surface area contributed by atoms with Crippen molar-refractivity contribution in [3.8, 4) is 5.75 Å². The molecule has 1 heterocycles. The highest BCUT2D eigenvalue weighted by atomic mass is 32.1. The minimum Gasteiger partial charge on any atom is -0.493 e. The number of ether oxygens (including phenoxy) is 1. The summed E-state index contributed by atoms with van der Waals surface area (Å²) < 4.78 is 19.5. The fourth-order valence-electron chi connectivity index (χ4n) is 1.38. The molecule has 14 heavy (non-hydrogen) atoms. The SMILES string of the molecule is CCOc1cc(N)cc2scc(F)c12. The largest absolute Gasteiger partial charge is 0.493 e. The predicted molar refractivity (Wildman–Crippen MR) is 57.4 cm³/mol. The van der Waals surface area contributed by atoms with Crippen molar-refractivity contribution in [2.75, 3.05) is 12.3 Å². The summed E-state index contributed by atoms with van der Waals surface area (Å²) in [5.41, 5.74) is 6.27. The number of anilines is 1. The smallest absolute Gasteiger partial charge is 0.145 e. The maximum Gasteiger partial charge on any atom is 0.145 e. The van der Waals surface area contributed by atoms with Crippen molar-refractivity contribution in [1.29, 1.82) is 0 Å². The van der Waals surface area contributed by atoms with E-state index in [1.165, 1.54) is 16.7 Å². The Bertz CT molecular complexity index is 466. The Labute approximate surface area is 85.1 Å². The second-order valence-electron chi connectivity index (χ2n) is 2.91. The van der Waals surface area contributed by atoms with Crippen molar-refractivity contribution in [2.24, 2.45) is 0 Å². The average molecular weight is 211 g/mol. The molecule has 0 atom stereocenters. The molecular formula is C10H10FNOS. The van der Waals surface area contributed by atoms with E-state index in [1.807, 2.05) is 6.92 Å². The highest BCUT2D eigenvalue weighted by molar-refractivity contribution is 7.17. The third-order valence-corrected chi connectivity index (χ3v) is 2.82. The lowest BCUT2D eigenvalue weighted by atomic mass is 10.2. The molecule has 0 radical (unpaired) electrons. The van der Waals surface area contributed by atoms with Gasteiger partial charge in [0.05, 0.1) is 12.0 Å². The van der Waals surface area contributed by atoms with Crippen LogP contribution in [0.2, 0.25) is 0 Å². The van der Waals surface area contributed by atoms with Gasteiger partial charge in [-0.05, 0) is 13.0 Å². The molecular weight excluding hydrogens is 201 g/mol. The van der Waals surface area contributed by atoms with Crippen molar-refractivity contribution < 1.29 is 9.13 Å². The quantitative estimate of drug-likeness (QED) is 0.775. The highest BCUT2D eigenvalue weighted by Crippen LogP contribution is 2.35. The van der Waals surface area contributed by atoms with Crippen LogP contribution in [0.1, 0.15) is 6.92 Å². The van der Waals surface area contributed by atoms with Crippen molar-refractivity contribution >= 4 is 27.1 Å². The number of hydrogen-bond donors (Lipinski definition) is 1. The molecule has 0 aliphatic heterocycles. The van der Waals surface area contributed by atoms with Crippen LogP contribution in [-0.4, -0.2) is 6.61 Å². The molecule has 0 aliphatic rings. The molecule has 1 aromatic heterocycles. The first kappa shape index (κ1) is 9.27. The van der Waals surface area contributed by atoms with Gasteiger partial charge in [-0.15, -0.1) is 11.3 Å². The molecule has 0 fully saturated rings. The van der Waals surface area contributed by atoms with Gasteiger partial charge < -0.3 is 10.5 Å². The molecule has 0 saturated heterocycles. The lowest BCUT2D eigenvalue weighted by Gasteiger charge is -2.05. The Morgan fingerprint density at radius 3 is 3.00 bits per heavy atom. The van der Waals surface area contributed by atoms with Gasteiger partial charge in [0, 0.05) is 21.8 Å². The number of hydrogen-bond acceptors (Lipinski definition) is 3. The Balaban J connectivity index is 2.70. The van der Waals surface area contributed by atoms with E-state index >= 15 is 0 Å². The molecule has 0 bridgehead atoms. The van der Waals surface area contributed by atoms with Crippen LogP contribution in [-0.2, 0) is 0 Å². The van der Waals surface area contributed by atoms with E-state index in [4.69, 9.17) is 10.5 Å². The van der Waals surface area contributed by atoms with Crippen LogP contribution in [0.3, 0.4) is 0 Å². The highest BCUT2D eigenvalue weighted by Gasteiger charge is 2.10.